The SMILES string of the molecule is c1ccc(-c2nc(-c3ccccc3)nc(-c3cccc4cc(-c5nccc6oc7cc8ccccc8cc7c56)ccc34)n2)cc1. The van der Waals surface area contributed by atoms with Crippen molar-refractivity contribution in [3.63, 3.8) is 0 Å². The zero-order valence-electron chi connectivity index (χ0n) is 24.1. The molecule has 0 N–H and O–H groups in total. The minimum absolute atomic E-state index is 0.633. The number of fused-ring (bicyclic) bond motifs is 5. The van der Waals surface area contributed by atoms with Gasteiger partial charge < -0.3 is 4.42 Å². The highest BCUT2D eigenvalue weighted by Crippen LogP contribution is 2.39. The van der Waals surface area contributed by atoms with Crippen molar-refractivity contribution >= 4 is 43.5 Å². The minimum atomic E-state index is 0.633. The van der Waals surface area contributed by atoms with Crippen LogP contribution in [0.1, 0.15) is 0 Å². The lowest BCUT2D eigenvalue weighted by atomic mass is 9.98. The Balaban J connectivity index is 1.22. The van der Waals surface area contributed by atoms with Gasteiger partial charge in [0.25, 0.3) is 0 Å². The molecule has 0 spiro atoms. The molecule has 0 bridgehead atoms. The molecule has 0 radical (unpaired) electrons. The van der Waals surface area contributed by atoms with Crippen molar-refractivity contribution in [3.05, 3.63) is 146 Å². The summed E-state index contributed by atoms with van der Waals surface area (Å²) in [4.78, 5) is 19.7. The maximum Gasteiger partial charge on any atom is 0.164 e. The molecule has 3 heterocycles. The van der Waals surface area contributed by atoms with Gasteiger partial charge in [-0.3, -0.25) is 4.98 Å². The van der Waals surface area contributed by atoms with Crippen molar-refractivity contribution in [1.29, 1.82) is 0 Å². The second kappa shape index (κ2) is 10.2. The van der Waals surface area contributed by atoms with Crippen LogP contribution in [0.3, 0.4) is 0 Å². The average Bonchev–Trinajstić information content (AvgIpc) is 3.48. The number of rotatable bonds is 4. The van der Waals surface area contributed by atoms with Crippen LogP contribution >= 0.6 is 0 Å². The van der Waals surface area contributed by atoms with Gasteiger partial charge in [-0.05, 0) is 45.8 Å². The van der Waals surface area contributed by atoms with Crippen LogP contribution in [0.4, 0.5) is 0 Å². The number of pyridine rings is 1. The summed E-state index contributed by atoms with van der Waals surface area (Å²) in [5.41, 5.74) is 6.44. The molecule has 0 saturated carbocycles. The molecule has 6 aromatic carbocycles. The first-order chi connectivity index (χ1) is 22.3. The molecule has 0 unspecified atom stereocenters. The van der Waals surface area contributed by atoms with E-state index in [9.17, 15) is 0 Å². The van der Waals surface area contributed by atoms with Crippen molar-refractivity contribution in [2.24, 2.45) is 0 Å². The molecule has 45 heavy (non-hydrogen) atoms. The lowest BCUT2D eigenvalue weighted by Gasteiger charge is -2.11. The minimum Gasteiger partial charge on any atom is -0.456 e. The van der Waals surface area contributed by atoms with E-state index in [0.29, 0.717) is 17.5 Å². The maximum atomic E-state index is 6.32. The second-order valence-electron chi connectivity index (χ2n) is 11.1. The third-order valence-corrected chi connectivity index (χ3v) is 8.34. The molecule has 210 valence electrons. The van der Waals surface area contributed by atoms with Gasteiger partial charge in [-0.2, -0.15) is 0 Å². The molecule has 0 fully saturated rings. The highest BCUT2D eigenvalue weighted by atomic mass is 16.3. The Morgan fingerprint density at radius 2 is 1.07 bits per heavy atom. The van der Waals surface area contributed by atoms with Gasteiger partial charge in [-0.1, -0.05) is 115 Å². The largest absolute Gasteiger partial charge is 0.456 e. The van der Waals surface area contributed by atoms with E-state index in [2.05, 4.69) is 72.8 Å². The first kappa shape index (κ1) is 25.3. The van der Waals surface area contributed by atoms with Gasteiger partial charge in [0.2, 0.25) is 0 Å². The van der Waals surface area contributed by atoms with Gasteiger partial charge in [0, 0.05) is 33.8 Å². The van der Waals surface area contributed by atoms with Crippen molar-refractivity contribution < 1.29 is 4.42 Å². The molecule has 0 aliphatic heterocycles. The summed E-state index contributed by atoms with van der Waals surface area (Å²) in [6.07, 6.45) is 1.82. The van der Waals surface area contributed by atoms with Gasteiger partial charge in [-0.15, -0.1) is 0 Å². The molecule has 5 heteroatoms. The Labute approximate surface area is 258 Å². The summed E-state index contributed by atoms with van der Waals surface area (Å²) in [7, 11) is 0. The fraction of sp³-hybridized carbons (Fsp3) is 0. The van der Waals surface area contributed by atoms with Gasteiger partial charge in [0.15, 0.2) is 17.5 Å². The fourth-order valence-electron chi connectivity index (χ4n) is 6.18. The van der Waals surface area contributed by atoms with Crippen LogP contribution in [0.25, 0.3) is 88.9 Å². The number of aromatic nitrogens is 4. The third kappa shape index (κ3) is 4.33. The number of furan rings is 1. The van der Waals surface area contributed by atoms with Crippen LogP contribution < -0.4 is 0 Å². The topological polar surface area (TPSA) is 64.7 Å². The summed E-state index contributed by atoms with van der Waals surface area (Å²) >= 11 is 0. The monoisotopic (exact) mass is 576 g/mol. The van der Waals surface area contributed by atoms with Gasteiger partial charge in [0.1, 0.15) is 11.2 Å². The smallest absolute Gasteiger partial charge is 0.164 e. The second-order valence-corrected chi connectivity index (χ2v) is 11.1. The normalized spacial score (nSPS) is 11.6. The van der Waals surface area contributed by atoms with Crippen LogP contribution in [0.5, 0.6) is 0 Å². The van der Waals surface area contributed by atoms with Gasteiger partial charge in [-0.25, -0.2) is 15.0 Å². The predicted molar refractivity (Wildman–Crippen MR) is 182 cm³/mol. The van der Waals surface area contributed by atoms with E-state index in [0.717, 1.165) is 66.0 Å². The van der Waals surface area contributed by atoms with Crippen LogP contribution in [0.2, 0.25) is 0 Å². The van der Waals surface area contributed by atoms with E-state index in [1.807, 2.05) is 72.9 Å². The Morgan fingerprint density at radius 1 is 0.422 bits per heavy atom. The molecule has 0 saturated heterocycles. The Morgan fingerprint density at radius 3 is 1.80 bits per heavy atom. The van der Waals surface area contributed by atoms with E-state index in [-0.39, 0.29) is 0 Å². The number of hydrogen-bond donors (Lipinski definition) is 0. The molecule has 5 nitrogen and oxygen atoms in total. The standard InChI is InChI=1S/C40H24N4O/c1-3-10-25(11-4-1)38-42-39(26-12-5-2-6-13-26)44-40(43-38)32-17-9-16-29-22-30(18-19-31(29)32)37-36-33-23-27-14-7-8-15-28(27)24-35(33)45-34(36)20-21-41-37/h1-24H. The molecule has 0 aliphatic carbocycles. The summed E-state index contributed by atoms with van der Waals surface area (Å²) in [5, 5.41) is 6.54. The molecule has 9 aromatic rings. The number of nitrogens with zero attached hydrogens (tertiary/aromatic N) is 4. The van der Waals surface area contributed by atoms with E-state index in [4.69, 9.17) is 24.4 Å². The van der Waals surface area contributed by atoms with E-state index in [1.165, 1.54) is 5.39 Å². The van der Waals surface area contributed by atoms with Gasteiger partial charge >= 0.3 is 0 Å². The molecule has 9 rings (SSSR count). The van der Waals surface area contributed by atoms with Crippen LogP contribution in [0, 0.1) is 0 Å². The Hall–Kier alpha value is -6.20. The van der Waals surface area contributed by atoms with Crippen molar-refractivity contribution in [1.82, 2.24) is 19.9 Å². The third-order valence-electron chi connectivity index (χ3n) is 8.34. The molecule has 0 amide bonds. The predicted octanol–water partition coefficient (Wildman–Crippen LogP) is 10.1. The molecule has 3 aromatic heterocycles. The molecule has 0 atom stereocenters. The average molecular weight is 577 g/mol. The summed E-state index contributed by atoms with van der Waals surface area (Å²) in [5.74, 6) is 1.92. The number of benzene rings is 6. The Bertz CT molecular complexity index is 2480. The zero-order valence-corrected chi connectivity index (χ0v) is 24.1. The first-order valence-corrected chi connectivity index (χ1v) is 14.9. The highest BCUT2D eigenvalue weighted by Gasteiger charge is 2.17. The Kier molecular flexibility index (Phi) is 5.74. The summed E-state index contributed by atoms with van der Waals surface area (Å²) in [6.45, 7) is 0. The van der Waals surface area contributed by atoms with Crippen molar-refractivity contribution in [2.75, 3.05) is 0 Å². The van der Waals surface area contributed by atoms with Crippen molar-refractivity contribution in [2.45, 2.75) is 0 Å². The highest BCUT2D eigenvalue weighted by molar-refractivity contribution is 6.15. The molecule has 0 aliphatic rings. The van der Waals surface area contributed by atoms with Crippen LogP contribution in [-0.4, -0.2) is 19.9 Å². The molecular formula is C40H24N4O. The summed E-state index contributed by atoms with van der Waals surface area (Å²) in [6, 6.07) is 47.5. The lowest BCUT2D eigenvalue weighted by Crippen LogP contribution is -2.00. The molecular weight excluding hydrogens is 552 g/mol. The maximum absolute atomic E-state index is 6.32. The van der Waals surface area contributed by atoms with Crippen molar-refractivity contribution in [3.8, 4) is 45.4 Å². The van der Waals surface area contributed by atoms with Gasteiger partial charge in [0.05, 0.1) is 11.1 Å². The van der Waals surface area contributed by atoms with Crippen LogP contribution in [0.15, 0.2) is 150 Å². The zero-order chi connectivity index (χ0) is 29.7. The van der Waals surface area contributed by atoms with Crippen LogP contribution in [-0.2, 0) is 0 Å². The first-order valence-electron chi connectivity index (χ1n) is 14.9. The van der Waals surface area contributed by atoms with E-state index >= 15 is 0 Å². The quantitative estimate of drug-likeness (QED) is 0.209. The van der Waals surface area contributed by atoms with E-state index < -0.39 is 0 Å². The lowest BCUT2D eigenvalue weighted by molar-refractivity contribution is 0.669. The number of hydrogen-bond acceptors (Lipinski definition) is 5. The fourth-order valence-corrected chi connectivity index (χ4v) is 6.18. The summed E-state index contributed by atoms with van der Waals surface area (Å²) < 4.78 is 6.32. The van der Waals surface area contributed by atoms with E-state index in [1.54, 1.807) is 0 Å².